The molecule has 4 aromatic heterocycles. The van der Waals surface area contributed by atoms with E-state index in [0.29, 0.717) is 24.9 Å². The number of aryl methyl sites for hydroxylation is 1. The maximum atomic E-state index is 5.75. The minimum Gasteiger partial charge on any atom is -0.481 e. The molecule has 0 amide bonds. The highest BCUT2D eigenvalue weighted by Gasteiger charge is 2.20. The quantitative estimate of drug-likeness (QED) is 0.436. The summed E-state index contributed by atoms with van der Waals surface area (Å²) in [7, 11) is 3.54. The van der Waals surface area contributed by atoms with Crippen molar-refractivity contribution in [2.45, 2.75) is 33.2 Å². The van der Waals surface area contributed by atoms with Crippen LogP contribution < -0.4 is 14.8 Å². The Balaban J connectivity index is 1.81. The number of hydrogen-bond acceptors (Lipinski definition) is 7. The number of methoxy groups -OCH3 is 1. The fourth-order valence-corrected chi connectivity index (χ4v) is 3.63. The zero-order valence-electron chi connectivity index (χ0n) is 19.1. The number of anilines is 1. The van der Waals surface area contributed by atoms with E-state index >= 15 is 0 Å². The lowest BCUT2D eigenvalue weighted by atomic mass is 10.0. The molecule has 4 rings (SSSR count). The number of rotatable bonds is 8. The highest BCUT2D eigenvalue weighted by atomic mass is 16.5. The van der Waals surface area contributed by atoms with E-state index in [1.165, 1.54) is 0 Å². The Morgan fingerprint density at radius 1 is 1.16 bits per heavy atom. The molecule has 0 saturated carbocycles. The predicted octanol–water partition coefficient (Wildman–Crippen LogP) is 4.57. The number of fused-ring (bicyclic) bond motifs is 1. The number of nitrogens with one attached hydrogen (secondary N) is 1. The number of ether oxygens (including phenoxy) is 2. The third-order valence-corrected chi connectivity index (χ3v) is 5.19. The van der Waals surface area contributed by atoms with Gasteiger partial charge in [-0.25, -0.2) is 15.0 Å². The summed E-state index contributed by atoms with van der Waals surface area (Å²) in [6, 6.07) is 9.77. The summed E-state index contributed by atoms with van der Waals surface area (Å²) in [5, 5.41) is 9.36. The molecule has 4 aromatic rings. The number of nitrogens with zero attached hydrogens (tertiary/aromatic N) is 5. The Hall–Kier alpha value is -3.68. The van der Waals surface area contributed by atoms with Gasteiger partial charge in [0.1, 0.15) is 0 Å². The van der Waals surface area contributed by atoms with Gasteiger partial charge in [0.2, 0.25) is 11.8 Å². The van der Waals surface area contributed by atoms with Gasteiger partial charge in [-0.2, -0.15) is 5.10 Å². The molecule has 166 valence electrons. The first-order chi connectivity index (χ1) is 15.5. The summed E-state index contributed by atoms with van der Waals surface area (Å²) in [5.41, 5.74) is 5.45. The summed E-state index contributed by atoms with van der Waals surface area (Å²) in [4.78, 5) is 13.6. The lowest BCUT2D eigenvalue weighted by Crippen LogP contribution is -2.04. The zero-order chi connectivity index (χ0) is 22.7. The van der Waals surface area contributed by atoms with Crippen molar-refractivity contribution in [2.24, 2.45) is 7.05 Å². The van der Waals surface area contributed by atoms with Crippen LogP contribution in [0, 0.1) is 0 Å². The van der Waals surface area contributed by atoms with Crippen LogP contribution in [0.3, 0.4) is 0 Å². The summed E-state index contributed by atoms with van der Waals surface area (Å²) in [6.45, 7) is 7.36. The molecule has 0 atom stereocenters. The van der Waals surface area contributed by atoms with Crippen LogP contribution in [0.25, 0.3) is 22.3 Å². The van der Waals surface area contributed by atoms with Gasteiger partial charge in [-0.3, -0.25) is 4.68 Å². The average Bonchev–Trinajstić information content (AvgIpc) is 3.15. The zero-order valence-corrected chi connectivity index (χ0v) is 19.1. The molecular formula is C24H28N6O2. The second-order valence-electron chi connectivity index (χ2n) is 7.77. The molecule has 8 heteroatoms. The smallest absolute Gasteiger partial charge is 0.222 e. The Kier molecular flexibility index (Phi) is 6.20. The Morgan fingerprint density at radius 3 is 2.69 bits per heavy atom. The van der Waals surface area contributed by atoms with Crippen LogP contribution in [-0.4, -0.2) is 38.4 Å². The molecule has 8 nitrogen and oxygen atoms in total. The van der Waals surface area contributed by atoms with Gasteiger partial charge in [-0.15, -0.1) is 0 Å². The number of hydrogen-bond donors (Lipinski definition) is 1. The lowest BCUT2D eigenvalue weighted by molar-refractivity contribution is 0.328. The van der Waals surface area contributed by atoms with E-state index in [4.69, 9.17) is 19.6 Å². The topological polar surface area (TPSA) is 87.0 Å². The molecule has 0 radical (unpaired) electrons. The molecule has 0 fully saturated rings. The molecule has 32 heavy (non-hydrogen) atoms. The van der Waals surface area contributed by atoms with Gasteiger partial charge in [0.15, 0.2) is 5.65 Å². The molecule has 0 spiro atoms. The second kappa shape index (κ2) is 9.21. The van der Waals surface area contributed by atoms with E-state index in [-0.39, 0.29) is 5.92 Å². The van der Waals surface area contributed by atoms with E-state index in [1.54, 1.807) is 13.3 Å². The maximum Gasteiger partial charge on any atom is 0.222 e. The molecule has 0 saturated heterocycles. The van der Waals surface area contributed by atoms with Gasteiger partial charge in [0, 0.05) is 37.7 Å². The normalized spacial score (nSPS) is 11.2. The first-order valence-electron chi connectivity index (χ1n) is 10.7. The van der Waals surface area contributed by atoms with Crippen LogP contribution in [0.1, 0.15) is 37.9 Å². The van der Waals surface area contributed by atoms with Crippen molar-refractivity contribution in [3.05, 3.63) is 54.0 Å². The summed E-state index contributed by atoms with van der Waals surface area (Å²) in [5.74, 6) is 1.42. The largest absolute Gasteiger partial charge is 0.481 e. The molecule has 0 bridgehead atoms. The predicted molar refractivity (Wildman–Crippen MR) is 125 cm³/mol. The molecule has 0 aliphatic heterocycles. The monoisotopic (exact) mass is 432 g/mol. The molecule has 1 N–H and O–H groups in total. The highest BCUT2D eigenvalue weighted by molar-refractivity contribution is 5.94. The Bertz CT molecular complexity index is 1220. The van der Waals surface area contributed by atoms with E-state index in [9.17, 15) is 0 Å². The van der Waals surface area contributed by atoms with Crippen molar-refractivity contribution in [2.75, 3.05) is 19.0 Å². The number of aromatic nitrogens is 5. The van der Waals surface area contributed by atoms with Crippen LogP contribution in [0.15, 0.2) is 42.7 Å². The summed E-state index contributed by atoms with van der Waals surface area (Å²) >= 11 is 0. The van der Waals surface area contributed by atoms with Gasteiger partial charge in [0.05, 0.1) is 36.1 Å². The first kappa shape index (κ1) is 21.5. The molecule has 0 aliphatic rings. The highest BCUT2D eigenvalue weighted by Crippen LogP contribution is 2.35. The van der Waals surface area contributed by atoms with Gasteiger partial charge in [-0.1, -0.05) is 19.9 Å². The first-order valence-corrected chi connectivity index (χ1v) is 10.7. The molecule has 0 aromatic carbocycles. The Morgan fingerprint density at radius 2 is 2.00 bits per heavy atom. The van der Waals surface area contributed by atoms with Crippen molar-refractivity contribution in [1.29, 1.82) is 0 Å². The van der Waals surface area contributed by atoms with Crippen molar-refractivity contribution in [1.82, 2.24) is 24.7 Å². The van der Waals surface area contributed by atoms with E-state index in [1.807, 2.05) is 55.2 Å². The molecule has 4 heterocycles. The van der Waals surface area contributed by atoms with Crippen LogP contribution in [0.4, 0.5) is 5.69 Å². The van der Waals surface area contributed by atoms with Gasteiger partial charge >= 0.3 is 0 Å². The third-order valence-electron chi connectivity index (χ3n) is 5.19. The minimum atomic E-state index is 0.256. The van der Waals surface area contributed by atoms with Gasteiger partial charge in [0.25, 0.3) is 0 Å². The van der Waals surface area contributed by atoms with E-state index in [2.05, 4.69) is 29.1 Å². The third kappa shape index (κ3) is 4.21. The molecular weight excluding hydrogens is 404 g/mol. The van der Waals surface area contributed by atoms with Crippen molar-refractivity contribution >= 4 is 16.7 Å². The van der Waals surface area contributed by atoms with Crippen molar-refractivity contribution in [3.63, 3.8) is 0 Å². The average molecular weight is 433 g/mol. The van der Waals surface area contributed by atoms with Crippen LogP contribution in [0.5, 0.6) is 11.8 Å². The van der Waals surface area contributed by atoms with Gasteiger partial charge < -0.3 is 14.8 Å². The van der Waals surface area contributed by atoms with Crippen molar-refractivity contribution < 1.29 is 9.47 Å². The standard InChI is InChI=1S/C24H28N6O2/c1-6-32-24-17(8-7-11-25-24)18-12-19(26-13-16-9-10-20(31-5)27-14-16)21-22(15(2)3)29-30(4)23(21)28-18/h7-12,14-15H,6,13H2,1-5H3,(H,26,28). The SMILES string of the molecule is CCOc1ncccc1-c1cc(NCc2ccc(OC)nc2)c2c(C(C)C)nn(C)c2n1. The molecule has 0 aliphatic carbocycles. The van der Waals surface area contributed by atoms with E-state index in [0.717, 1.165) is 39.2 Å². The minimum absolute atomic E-state index is 0.256. The summed E-state index contributed by atoms with van der Waals surface area (Å²) < 4.78 is 12.8. The van der Waals surface area contributed by atoms with Crippen LogP contribution in [-0.2, 0) is 13.6 Å². The van der Waals surface area contributed by atoms with E-state index < -0.39 is 0 Å². The second-order valence-corrected chi connectivity index (χ2v) is 7.77. The molecule has 0 unspecified atom stereocenters. The Labute approximate surface area is 187 Å². The lowest BCUT2D eigenvalue weighted by Gasteiger charge is -2.14. The van der Waals surface area contributed by atoms with Crippen LogP contribution >= 0.6 is 0 Å². The number of pyridine rings is 3. The van der Waals surface area contributed by atoms with Crippen LogP contribution in [0.2, 0.25) is 0 Å². The summed E-state index contributed by atoms with van der Waals surface area (Å²) in [6.07, 6.45) is 3.54. The van der Waals surface area contributed by atoms with Crippen molar-refractivity contribution in [3.8, 4) is 23.0 Å². The maximum absolute atomic E-state index is 5.75. The fraction of sp³-hybridized carbons (Fsp3) is 0.333. The fourth-order valence-electron chi connectivity index (χ4n) is 3.63. The van der Waals surface area contributed by atoms with Gasteiger partial charge in [-0.05, 0) is 36.6 Å².